The minimum atomic E-state index is -4.04. The Labute approximate surface area is 160 Å². The summed E-state index contributed by atoms with van der Waals surface area (Å²) >= 11 is 0. The number of halogens is 2. The average Bonchev–Trinajstić information content (AvgIpc) is 2.65. The summed E-state index contributed by atoms with van der Waals surface area (Å²) in [7, 11) is -2.52. The molecule has 3 rings (SSSR count). The first kappa shape index (κ1) is 19.5. The highest BCUT2D eigenvalue weighted by molar-refractivity contribution is 7.92. The van der Waals surface area contributed by atoms with Crippen LogP contribution in [0.3, 0.4) is 0 Å². The number of sulfonamides is 1. The third-order valence-corrected chi connectivity index (χ3v) is 5.01. The van der Waals surface area contributed by atoms with E-state index in [1.54, 1.807) is 18.3 Å². The first-order valence-corrected chi connectivity index (χ1v) is 9.52. The van der Waals surface area contributed by atoms with Crippen molar-refractivity contribution in [3.05, 3.63) is 72.1 Å². The first-order chi connectivity index (χ1) is 13.4. The van der Waals surface area contributed by atoms with Crippen LogP contribution >= 0.6 is 0 Å². The number of nitrogens with one attached hydrogen (secondary N) is 2. The van der Waals surface area contributed by atoms with Gasteiger partial charge in [0.2, 0.25) is 5.88 Å². The van der Waals surface area contributed by atoms with E-state index in [2.05, 4.69) is 20.0 Å². The Balaban J connectivity index is 1.68. The Bertz CT molecular complexity index is 1060. The zero-order chi connectivity index (χ0) is 20.1. The number of rotatable bonds is 7. The van der Waals surface area contributed by atoms with Gasteiger partial charge in [0.1, 0.15) is 22.3 Å². The summed E-state index contributed by atoms with van der Waals surface area (Å²) < 4.78 is 58.3. The molecule has 0 fully saturated rings. The highest BCUT2D eigenvalue weighted by Crippen LogP contribution is 2.19. The van der Waals surface area contributed by atoms with Crippen molar-refractivity contribution >= 4 is 21.5 Å². The fourth-order valence-electron chi connectivity index (χ4n) is 2.34. The van der Waals surface area contributed by atoms with Crippen LogP contribution in [0.4, 0.5) is 20.3 Å². The quantitative estimate of drug-likeness (QED) is 0.626. The predicted molar refractivity (Wildman–Crippen MR) is 99.5 cm³/mol. The molecule has 3 aromatic rings. The lowest BCUT2D eigenvalue weighted by molar-refractivity contribution is 0.397. The topological polar surface area (TPSA) is 93.2 Å². The Morgan fingerprint density at radius 2 is 1.79 bits per heavy atom. The van der Waals surface area contributed by atoms with Crippen molar-refractivity contribution in [3.8, 4) is 5.88 Å². The lowest BCUT2D eigenvalue weighted by Gasteiger charge is -2.10. The maximum absolute atomic E-state index is 13.2. The molecule has 1 aromatic carbocycles. The number of aromatic nitrogens is 2. The van der Waals surface area contributed by atoms with Gasteiger partial charge < -0.3 is 10.1 Å². The second-order valence-electron chi connectivity index (χ2n) is 5.70. The number of anilines is 2. The molecule has 28 heavy (non-hydrogen) atoms. The zero-order valence-electron chi connectivity index (χ0n) is 14.7. The molecule has 0 saturated carbocycles. The van der Waals surface area contributed by atoms with Gasteiger partial charge >= 0.3 is 0 Å². The van der Waals surface area contributed by atoms with Gasteiger partial charge in [0.25, 0.3) is 10.0 Å². The summed E-state index contributed by atoms with van der Waals surface area (Å²) in [5.41, 5.74) is 0.687. The summed E-state index contributed by atoms with van der Waals surface area (Å²) in [5.74, 6) is -0.841. The molecule has 10 heteroatoms. The van der Waals surface area contributed by atoms with E-state index >= 15 is 0 Å². The van der Waals surface area contributed by atoms with Crippen LogP contribution in [-0.4, -0.2) is 25.5 Å². The van der Waals surface area contributed by atoms with Crippen LogP contribution in [0, 0.1) is 11.6 Å². The molecule has 0 aliphatic carbocycles. The molecule has 146 valence electrons. The number of nitrogens with zero attached hydrogens (tertiary/aromatic N) is 2. The van der Waals surface area contributed by atoms with E-state index in [1.165, 1.54) is 19.2 Å². The van der Waals surface area contributed by atoms with Gasteiger partial charge in [0.15, 0.2) is 0 Å². The van der Waals surface area contributed by atoms with Crippen molar-refractivity contribution in [2.45, 2.75) is 11.4 Å². The number of ether oxygens (including phenoxy) is 1. The molecule has 0 atom stereocenters. The normalized spacial score (nSPS) is 11.1. The molecule has 7 nitrogen and oxygen atoms in total. The largest absolute Gasteiger partial charge is 0.481 e. The highest BCUT2D eigenvalue weighted by Gasteiger charge is 2.16. The SMILES string of the molecule is COc1cc(CNc2ccc(S(=O)(=O)Nc3cc(F)cc(F)c3)cn2)ccn1. The molecule has 0 saturated heterocycles. The Kier molecular flexibility index (Phi) is 5.69. The highest BCUT2D eigenvalue weighted by atomic mass is 32.2. The second kappa shape index (κ2) is 8.17. The van der Waals surface area contributed by atoms with Gasteiger partial charge in [0, 0.05) is 31.1 Å². The van der Waals surface area contributed by atoms with Crippen LogP contribution in [0.5, 0.6) is 5.88 Å². The molecule has 2 N–H and O–H groups in total. The van der Waals surface area contributed by atoms with Gasteiger partial charge in [-0.3, -0.25) is 4.72 Å². The molecule has 0 aliphatic rings. The minimum absolute atomic E-state index is 0.145. The molecule has 0 amide bonds. The number of pyridine rings is 2. The van der Waals surface area contributed by atoms with Crippen molar-refractivity contribution < 1.29 is 21.9 Å². The Morgan fingerprint density at radius 3 is 2.43 bits per heavy atom. The third kappa shape index (κ3) is 4.92. The van der Waals surface area contributed by atoms with Crippen LogP contribution in [0.25, 0.3) is 0 Å². The number of hydrogen-bond acceptors (Lipinski definition) is 6. The van der Waals surface area contributed by atoms with E-state index in [0.29, 0.717) is 24.3 Å². The van der Waals surface area contributed by atoms with Crippen LogP contribution in [0.15, 0.2) is 59.8 Å². The molecule has 0 bridgehead atoms. The molecular formula is C18H16F2N4O3S. The fraction of sp³-hybridized carbons (Fsp3) is 0.111. The van der Waals surface area contributed by atoms with Crippen molar-refractivity contribution in [1.29, 1.82) is 0 Å². The lowest BCUT2D eigenvalue weighted by Crippen LogP contribution is -2.14. The lowest BCUT2D eigenvalue weighted by atomic mass is 10.2. The van der Waals surface area contributed by atoms with E-state index in [0.717, 1.165) is 23.9 Å². The number of hydrogen-bond donors (Lipinski definition) is 2. The van der Waals surface area contributed by atoms with Crippen molar-refractivity contribution in [2.24, 2.45) is 0 Å². The number of benzene rings is 1. The summed E-state index contributed by atoms with van der Waals surface area (Å²) in [6, 6.07) is 8.79. The molecular weight excluding hydrogens is 390 g/mol. The van der Waals surface area contributed by atoms with Gasteiger partial charge in [-0.2, -0.15) is 0 Å². The molecule has 0 aliphatic heterocycles. The van der Waals surface area contributed by atoms with Gasteiger partial charge in [-0.05, 0) is 35.9 Å². The summed E-state index contributed by atoms with van der Waals surface area (Å²) in [6.45, 7) is 0.429. The molecule has 0 radical (unpaired) electrons. The first-order valence-electron chi connectivity index (χ1n) is 8.03. The summed E-state index contributed by atoms with van der Waals surface area (Å²) in [6.07, 6.45) is 2.76. The van der Waals surface area contributed by atoms with Gasteiger partial charge in [-0.1, -0.05) is 0 Å². The summed E-state index contributed by atoms with van der Waals surface area (Å²) in [4.78, 5) is 7.92. The van der Waals surface area contributed by atoms with Crippen LogP contribution in [-0.2, 0) is 16.6 Å². The zero-order valence-corrected chi connectivity index (χ0v) is 15.5. The van der Waals surface area contributed by atoms with Crippen molar-refractivity contribution in [3.63, 3.8) is 0 Å². The Hall–Kier alpha value is -3.27. The second-order valence-corrected chi connectivity index (χ2v) is 7.39. The van der Waals surface area contributed by atoms with Crippen molar-refractivity contribution in [1.82, 2.24) is 9.97 Å². The van der Waals surface area contributed by atoms with Crippen LogP contribution in [0.2, 0.25) is 0 Å². The number of methoxy groups -OCH3 is 1. The Morgan fingerprint density at radius 1 is 1.04 bits per heavy atom. The standard InChI is InChI=1S/C18H16F2N4O3S/c1-27-18-6-12(4-5-21-18)10-22-17-3-2-16(11-23-17)28(25,26)24-15-8-13(19)7-14(20)9-15/h2-9,11,24H,10H2,1H3,(H,22,23). The minimum Gasteiger partial charge on any atom is -0.481 e. The van der Waals surface area contributed by atoms with Gasteiger partial charge in [-0.15, -0.1) is 0 Å². The smallest absolute Gasteiger partial charge is 0.263 e. The van der Waals surface area contributed by atoms with E-state index in [-0.39, 0.29) is 10.6 Å². The maximum Gasteiger partial charge on any atom is 0.263 e. The van der Waals surface area contributed by atoms with Crippen molar-refractivity contribution in [2.75, 3.05) is 17.1 Å². The third-order valence-electron chi connectivity index (χ3n) is 3.64. The van der Waals surface area contributed by atoms with Gasteiger partial charge in [-0.25, -0.2) is 27.2 Å². The van der Waals surface area contributed by atoms with E-state index in [4.69, 9.17) is 4.74 Å². The maximum atomic E-state index is 13.2. The van der Waals surface area contributed by atoms with E-state index in [9.17, 15) is 17.2 Å². The predicted octanol–water partition coefficient (Wildman–Crippen LogP) is 3.18. The molecule has 2 heterocycles. The van der Waals surface area contributed by atoms with Gasteiger partial charge in [0.05, 0.1) is 12.8 Å². The van der Waals surface area contributed by atoms with Crippen LogP contribution < -0.4 is 14.8 Å². The van der Waals surface area contributed by atoms with Crippen LogP contribution in [0.1, 0.15) is 5.56 Å². The monoisotopic (exact) mass is 406 g/mol. The molecule has 0 spiro atoms. The average molecular weight is 406 g/mol. The molecule has 2 aromatic heterocycles. The fourth-order valence-corrected chi connectivity index (χ4v) is 3.32. The molecule has 0 unspecified atom stereocenters. The van der Waals surface area contributed by atoms with E-state index < -0.39 is 21.7 Å². The van der Waals surface area contributed by atoms with E-state index in [1.807, 2.05) is 0 Å². The summed E-state index contributed by atoms with van der Waals surface area (Å²) in [5, 5.41) is 3.05.